The monoisotopic (exact) mass is 472 g/mol. The maximum atomic E-state index is 5.61. The Hall–Kier alpha value is -2.04. The van der Waals surface area contributed by atoms with Crippen molar-refractivity contribution in [2.45, 2.75) is 32.9 Å². The quantitative estimate of drug-likeness (QED) is 0.382. The first-order chi connectivity index (χ1) is 12.2. The van der Waals surface area contributed by atoms with Gasteiger partial charge in [0.25, 0.3) is 0 Å². The van der Waals surface area contributed by atoms with Crippen molar-refractivity contribution in [3.8, 4) is 11.5 Å². The molecule has 1 aliphatic heterocycles. The zero-order valence-corrected chi connectivity index (χ0v) is 17.6. The lowest BCUT2D eigenvalue weighted by Gasteiger charge is -2.14. The topological polar surface area (TPSA) is 85.6 Å². The molecule has 0 bridgehead atoms. The van der Waals surface area contributed by atoms with Crippen molar-refractivity contribution >= 4 is 35.6 Å². The molecule has 8 nitrogen and oxygen atoms in total. The molecular weight excluding hydrogens is 447 g/mol. The lowest BCUT2D eigenvalue weighted by atomic mass is 10.2. The summed E-state index contributed by atoms with van der Waals surface area (Å²) in [5.41, 5.74) is 0.865. The van der Waals surface area contributed by atoms with E-state index >= 15 is 0 Å². The Kier molecular flexibility index (Phi) is 7.49. The van der Waals surface area contributed by atoms with Gasteiger partial charge in [0.15, 0.2) is 23.3 Å². The van der Waals surface area contributed by atoms with E-state index in [1.807, 2.05) is 25.1 Å². The summed E-state index contributed by atoms with van der Waals surface area (Å²) in [5.74, 6) is 4.05. The molecular formula is C17H25IN6O2. The van der Waals surface area contributed by atoms with Crippen LogP contribution in [0.15, 0.2) is 23.2 Å². The van der Waals surface area contributed by atoms with E-state index in [2.05, 4.69) is 30.4 Å². The second kappa shape index (κ2) is 9.60. The number of guanidine groups is 1. The van der Waals surface area contributed by atoms with Crippen LogP contribution in [-0.4, -0.2) is 41.5 Å². The summed E-state index contributed by atoms with van der Waals surface area (Å²) in [6.45, 7) is 4.07. The normalized spacial score (nSPS) is 13.0. The molecule has 0 aliphatic carbocycles. The second-order valence-corrected chi connectivity index (χ2v) is 5.64. The van der Waals surface area contributed by atoms with Crippen molar-refractivity contribution in [1.29, 1.82) is 0 Å². The highest BCUT2D eigenvalue weighted by Crippen LogP contribution is 2.30. The third kappa shape index (κ3) is 4.57. The third-order valence-corrected chi connectivity index (χ3v) is 4.05. The van der Waals surface area contributed by atoms with Gasteiger partial charge < -0.3 is 24.7 Å². The van der Waals surface area contributed by atoms with Gasteiger partial charge in [-0.25, -0.2) is 0 Å². The second-order valence-electron chi connectivity index (χ2n) is 5.64. The van der Waals surface area contributed by atoms with Crippen LogP contribution in [0.25, 0.3) is 0 Å². The van der Waals surface area contributed by atoms with E-state index < -0.39 is 0 Å². The highest BCUT2D eigenvalue weighted by molar-refractivity contribution is 14.0. The number of nitrogens with zero attached hydrogens (tertiary/aromatic N) is 4. The number of hydrogen-bond acceptors (Lipinski definition) is 5. The molecule has 0 saturated heterocycles. The molecule has 0 unspecified atom stereocenters. The van der Waals surface area contributed by atoms with Crippen LogP contribution >= 0.6 is 24.0 Å². The molecule has 9 heteroatoms. The van der Waals surface area contributed by atoms with Crippen molar-refractivity contribution in [3.63, 3.8) is 0 Å². The van der Waals surface area contributed by atoms with Gasteiger partial charge in [-0.3, -0.25) is 4.99 Å². The molecule has 1 aromatic carbocycles. The Bertz CT molecular complexity index is 762. The summed E-state index contributed by atoms with van der Waals surface area (Å²) >= 11 is 0. The van der Waals surface area contributed by atoms with Crippen LogP contribution in [-0.2, 0) is 19.5 Å². The molecule has 2 heterocycles. The van der Waals surface area contributed by atoms with Crippen molar-refractivity contribution in [3.05, 3.63) is 29.8 Å². The zero-order valence-electron chi connectivity index (χ0n) is 15.3. The number of anilines is 1. The molecule has 142 valence electrons. The Balaban J connectivity index is 0.00000243. The van der Waals surface area contributed by atoms with Crippen molar-refractivity contribution in [1.82, 2.24) is 20.1 Å². The molecule has 1 aromatic heterocycles. The largest absolute Gasteiger partial charge is 0.493 e. The van der Waals surface area contributed by atoms with Gasteiger partial charge in [0.1, 0.15) is 5.82 Å². The SMILES string of the molecule is CCOc1cc(NC(=NC)NCc2nnc3n2CCC3)ccc1OC.I. The zero-order chi connectivity index (χ0) is 17.6. The van der Waals surface area contributed by atoms with E-state index in [4.69, 9.17) is 9.47 Å². The summed E-state index contributed by atoms with van der Waals surface area (Å²) in [5, 5.41) is 15.0. The molecule has 0 spiro atoms. The fraction of sp³-hybridized carbons (Fsp3) is 0.471. The maximum absolute atomic E-state index is 5.61. The molecule has 0 amide bonds. The van der Waals surface area contributed by atoms with Crippen LogP contribution in [0.1, 0.15) is 25.0 Å². The van der Waals surface area contributed by atoms with Crippen LogP contribution in [0.3, 0.4) is 0 Å². The van der Waals surface area contributed by atoms with Gasteiger partial charge in [-0.15, -0.1) is 34.2 Å². The third-order valence-electron chi connectivity index (χ3n) is 4.05. The summed E-state index contributed by atoms with van der Waals surface area (Å²) in [6, 6.07) is 5.68. The molecule has 0 saturated carbocycles. The smallest absolute Gasteiger partial charge is 0.195 e. The van der Waals surface area contributed by atoms with E-state index in [-0.39, 0.29) is 24.0 Å². The highest BCUT2D eigenvalue weighted by atomic mass is 127. The molecule has 26 heavy (non-hydrogen) atoms. The Morgan fingerprint density at radius 3 is 2.88 bits per heavy atom. The number of hydrogen-bond donors (Lipinski definition) is 2. The number of aromatic nitrogens is 3. The molecule has 0 fully saturated rings. The standard InChI is InChI=1S/C17H24N6O2.HI/c1-4-25-14-10-12(7-8-13(14)24-3)20-17(18-2)19-11-16-22-21-15-6-5-9-23(15)16;/h7-8,10H,4-6,9,11H2,1-3H3,(H2,18,19,20);1H. The summed E-state index contributed by atoms with van der Waals surface area (Å²) < 4.78 is 13.1. The Morgan fingerprint density at radius 1 is 1.31 bits per heavy atom. The minimum atomic E-state index is 0. The predicted molar refractivity (Wildman–Crippen MR) is 112 cm³/mol. The highest BCUT2D eigenvalue weighted by Gasteiger charge is 2.17. The van der Waals surface area contributed by atoms with Gasteiger partial charge >= 0.3 is 0 Å². The average molecular weight is 472 g/mol. The van der Waals surface area contributed by atoms with Crippen molar-refractivity contribution in [2.24, 2.45) is 4.99 Å². The Morgan fingerprint density at radius 2 is 2.15 bits per heavy atom. The van der Waals surface area contributed by atoms with Gasteiger partial charge in [0, 0.05) is 31.8 Å². The molecule has 0 radical (unpaired) electrons. The number of aliphatic imine (C=N–C) groups is 1. The molecule has 2 aromatic rings. The molecule has 2 N–H and O–H groups in total. The molecule has 0 atom stereocenters. The van der Waals surface area contributed by atoms with Gasteiger partial charge in [-0.2, -0.15) is 0 Å². The van der Waals surface area contributed by atoms with Crippen LogP contribution in [0.4, 0.5) is 5.69 Å². The predicted octanol–water partition coefficient (Wildman–Crippen LogP) is 2.44. The van der Waals surface area contributed by atoms with E-state index in [9.17, 15) is 0 Å². The van der Waals surface area contributed by atoms with Crippen LogP contribution in [0, 0.1) is 0 Å². The van der Waals surface area contributed by atoms with Crippen LogP contribution in [0.2, 0.25) is 0 Å². The summed E-state index contributed by atoms with van der Waals surface area (Å²) in [6.07, 6.45) is 2.14. The maximum Gasteiger partial charge on any atom is 0.195 e. The van der Waals surface area contributed by atoms with Gasteiger partial charge in [0.2, 0.25) is 0 Å². The van der Waals surface area contributed by atoms with Crippen molar-refractivity contribution in [2.75, 3.05) is 26.1 Å². The fourth-order valence-corrected chi connectivity index (χ4v) is 2.84. The number of fused-ring (bicyclic) bond motifs is 1. The minimum Gasteiger partial charge on any atom is -0.493 e. The number of rotatable bonds is 6. The number of nitrogens with one attached hydrogen (secondary N) is 2. The van der Waals surface area contributed by atoms with Crippen LogP contribution < -0.4 is 20.1 Å². The van der Waals surface area contributed by atoms with E-state index in [1.54, 1.807) is 14.2 Å². The van der Waals surface area contributed by atoms with E-state index in [1.165, 1.54) is 0 Å². The average Bonchev–Trinajstić information content (AvgIpc) is 3.23. The number of methoxy groups -OCH3 is 1. The number of benzene rings is 1. The van der Waals surface area contributed by atoms with E-state index in [0.29, 0.717) is 30.6 Å². The Labute approximate surface area is 170 Å². The van der Waals surface area contributed by atoms with E-state index in [0.717, 1.165) is 36.7 Å². The van der Waals surface area contributed by atoms with Crippen LogP contribution in [0.5, 0.6) is 11.5 Å². The number of aryl methyl sites for hydroxylation is 1. The van der Waals surface area contributed by atoms with Crippen molar-refractivity contribution < 1.29 is 9.47 Å². The summed E-state index contributed by atoms with van der Waals surface area (Å²) in [4.78, 5) is 4.26. The first kappa shape index (κ1) is 20.3. The van der Waals surface area contributed by atoms with Gasteiger partial charge in [-0.1, -0.05) is 0 Å². The molecule has 3 rings (SSSR count). The number of ether oxygens (including phenoxy) is 2. The first-order valence-electron chi connectivity index (χ1n) is 8.44. The minimum absolute atomic E-state index is 0. The lowest BCUT2D eigenvalue weighted by Crippen LogP contribution is -2.31. The molecule has 1 aliphatic rings. The first-order valence-corrected chi connectivity index (χ1v) is 8.44. The van der Waals surface area contributed by atoms with Gasteiger partial charge in [0.05, 0.1) is 20.3 Å². The summed E-state index contributed by atoms with van der Waals surface area (Å²) in [7, 11) is 3.36. The fourth-order valence-electron chi connectivity index (χ4n) is 2.84. The number of halogens is 1. The lowest BCUT2D eigenvalue weighted by molar-refractivity contribution is 0.311. The van der Waals surface area contributed by atoms with Gasteiger partial charge in [-0.05, 0) is 25.5 Å².